The van der Waals surface area contributed by atoms with Crippen molar-refractivity contribution in [3.05, 3.63) is 42.2 Å². The van der Waals surface area contributed by atoms with Crippen molar-refractivity contribution in [2.75, 3.05) is 14.1 Å². The van der Waals surface area contributed by atoms with Gasteiger partial charge >= 0.3 is 0 Å². The highest BCUT2D eigenvalue weighted by molar-refractivity contribution is 7.92. The summed E-state index contributed by atoms with van der Waals surface area (Å²) in [7, 11) is 3.67. The summed E-state index contributed by atoms with van der Waals surface area (Å²) in [5.74, 6) is -0.123. The van der Waals surface area contributed by atoms with Gasteiger partial charge in [0.15, 0.2) is 18.1 Å². The van der Waals surface area contributed by atoms with Gasteiger partial charge in [0.25, 0.3) is 0 Å². The molecule has 1 aromatic carbocycles. The fraction of sp³-hybridized carbons (Fsp3) is 0.167. The highest BCUT2D eigenvalue weighted by atomic mass is 32.2. The minimum atomic E-state index is -0.123. The number of aromatic nitrogens is 2. The number of nitrogens with zero attached hydrogens (tertiary/aromatic N) is 3. The zero-order valence-electron chi connectivity index (χ0n) is 10.0. The topological polar surface area (TPSA) is 38.1 Å². The monoisotopic (exact) mass is 265 g/mol. The molecule has 0 aliphatic carbocycles. The Hall–Kier alpha value is -1.82. The highest BCUT2D eigenvalue weighted by Crippen LogP contribution is 2.20. The maximum absolute atomic E-state index is 12.6. The van der Waals surface area contributed by atoms with E-state index in [9.17, 15) is 8.68 Å². The van der Waals surface area contributed by atoms with Crippen LogP contribution in [0.4, 0.5) is 3.89 Å². The van der Waals surface area contributed by atoms with Crippen LogP contribution in [0, 0.1) is 0 Å². The van der Waals surface area contributed by atoms with Crippen LogP contribution in [-0.2, 0) is 0 Å². The lowest BCUT2D eigenvalue weighted by Crippen LogP contribution is -2.03. The number of hydrogen-bond donors (Lipinski definition) is 0. The van der Waals surface area contributed by atoms with E-state index in [0.717, 1.165) is 9.47 Å². The molecule has 0 aliphatic rings. The first-order valence-corrected chi connectivity index (χ1v) is 5.95. The standard InChI is InChI=1S/C12H12FN3OS/c1-15(2)6-5-12(17)9-3-4-10-8-14-16(18-13)11(10)7-9/h3-8H,1-2H3/b6-5+. The average Bonchev–Trinajstić information content (AvgIpc) is 2.77. The van der Waals surface area contributed by atoms with Crippen LogP contribution in [0.25, 0.3) is 10.9 Å². The van der Waals surface area contributed by atoms with Crippen LogP contribution in [0.5, 0.6) is 0 Å². The number of carbonyl (C=O) groups is 1. The highest BCUT2D eigenvalue weighted by Gasteiger charge is 2.08. The van der Waals surface area contributed by atoms with Gasteiger partial charge in [0.1, 0.15) is 0 Å². The van der Waals surface area contributed by atoms with E-state index in [1.807, 2.05) is 14.1 Å². The summed E-state index contributed by atoms with van der Waals surface area (Å²) < 4.78 is 13.7. The van der Waals surface area contributed by atoms with Crippen molar-refractivity contribution in [2.45, 2.75) is 0 Å². The molecule has 4 nitrogen and oxygen atoms in total. The number of rotatable bonds is 4. The molecule has 1 heterocycles. The molecule has 0 radical (unpaired) electrons. The Labute approximate surface area is 108 Å². The predicted molar refractivity (Wildman–Crippen MR) is 71.0 cm³/mol. The molecule has 0 N–H and O–H groups in total. The zero-order valence-corrected chi connectivity index (χ0v) is 10.8. The molecule has 0 unspecified atom stereocenters. The van der Waals surface area contributed by atoms with Crippen molar-refractivity contribution in [3.8, 4) is 0 Å². The third-order valence-electron chi connectivity index (χ3n) is 2.41. The number of carbonyl (C=O) groups excluding carboxylic acids is 1. The predicted octanol–water partition coefficient (Wildman–Crippen LogP) is 2.68. The number of ketones is 1. The molecule has 0 atom stereocenters. The Morgan fingerprint density at radius 2 is 2.28 bits per heavy atom. The minimum Gasteiger partial charge on any atom is -0.383 e. The Kier molecular flexibility index (Phi) is 3.66. The minimum absolute atomic E-state index is 0.0116. The van der Waals surface area contributed by atoms with Crippen molar-refractivity contribution in [2.24, 2.45) is 0 Å². The molecular formula is C12H12FN3OS. The molecule has 0 saturated heterocycles. The van der Waals surface area contributed by atoms with Gasteiger partial charge in [-0.2, -0.15) is 9.19 Å². The first-order valence-electron chi connectivity index (χ1n) is 5.27. The molecule has 0 bridgehead atoms. The van der Waals surface area contributed by atoms with Gasteiger partial charge in [-0.15, -0.1) is 3.89 Å². The van der Waals surface area contributed by atoms with Crippen molar-refractivity contribution in [1.82, 2.24) is 14.1 Å². The molecule has 94 valence electrons. The Morgan fingerprint density at radius 3 is 2.94 bits per heavy atom. The fourth-order valence-electron chi connectivity index (χ4n) is 1.52. The van der Waals surface area contributed by atoms with Crippen molar-refractivity contribution < 1.29 is 8.68 Å². The van der Waals surface area contributed by atoms with Gasteiger partial charge in [0, 0.05) is 37.3 Å². The molecule has 0 fully saturated rings. The van der Waals surface area contributed by atoms with E-state index < -0.39 is 0 Å². The van der Waals surface area contributed by atoms with Crippen molar-refractivity contribution in [1.29, 1.82) is 0 Å². The molecular weight excluding hydrogens is 253 g/mol. The lowest BCUT2D eigenvalue weighted by molar-refractivity contribution is 0.104. The molecule has 1 aromatic heterocycles. The summed E-state index contributed by atoms with van der Waals surface area (Å²) >= 11 is 0.0116. The molecule has 2 aromatic rings. The van der Waals surface area contributed by atoms with E-state index in [2.05, 4.69) is 5.10 Å². The van der Waals surface area contributed by atoms with Gasteiger partial charge < -0.3 is 4.90 Å². The third-order valence-corrected chi connectivity index (χ3v) is 2.83. The molecule has 6 heteroatoms. The Bertz CT molecular complexity index is 606. The van der Waals surface area contributed by atoms with E-state index in [1.54, 1.807) is 35.5 Å². The number of benzene rings is 1. The Balaban J connectivity index is 2.37. The van der Waals surface area contributed by atoms with Crippen LogP contribution < -0.4 is 0 Å². The normalized spacial score (nSPS) is 11.3. The van der Waals surface area contributed by atoms with E-state index in [-0.39, 0.29) is 18.1 Å². The lowest BCUT2D eigenvalue weighted by atomic mass is 10.1. The maximum Gasteiger partial charge on any atom is 0.188 e. The number of allylic oxidation sites excluding steroid dienone is 1. The van der Waals surface area contributed by atoms with E-state index in [4.69, 9.17) is 0 Å². The maximum atomic E-state index is 12.6. The first-order chi connectivity index (χ1) is 8.61. The lowest BCUT2D eigenvalue weighted by Gasteiger charge is -2.03. The van der Waals surface area contributed by atoms with Crippen LogP contribution in [0.1, 0.15) is 10.4 Å². The quantitative estimate of drug-likeness (QED) is 0.629. The van der Waals surface area contributed by atoms with Crippen LogP contribution in [-0.4, -0.2) is 34.0 Å². The molecule has 0 spiro atoms. The summed E-state index contributed by atoms with van der Waals surface area (Å²) in [5.41, 5.74) is 1.10. The summed E-state index contributed by atoms with van der Waals surface area (Å²) in [4.78, 5) is 13.6. The number of fused-ring (bicyclic) bond motifs is 1. The molecule has 2 rings (SSSR count). The molecule has 0 saturated carbocycles. The average molecular weight is 265 g/mol. The second-order valence-electron chi connectivity index (χ2n) is 4.00. The van der Waals surface area contributed by atoms with E-state index in [0.29, 0.717) is 11.1 Å². The van der Waals surface area contributed by atoms with E-state index in [1.165, 1.54) is 6.08 Å². The van der Waals surface area contributed by atoms with Gasteiger partial charge in [-0.1, -0.05) is 12.1 Å². The summed E-state index contributed by atoms with van der Waals surface area (Å²) in [6.45, 7) is 0. The van der Waals surface area contributed by atoms with Gasteiger partial charge in [0.2, 0.25) is 0 Å². The number of hydrogen-bond acceptors (Lipinski definition) is 4. The van der Waals surface area contributed by atoms with Crippen molar-refractivity contribution in [3.63, 3.8) is 0 Å². The fourth-order valence-corrected chi connectivity index (χ4v) is 1.83. The number of halogens is 1. The Morgan fingerprint density at radius 1 is 1.50 bits per heavy atom. The largest absolute Gasteiger partial charge is 0.383 e. The van der Waals surface area contributed by atoms with Crippen molar-refractivity contribution >= 4 is 29.0 Å². The van der Waals surface area contributed by atoms with Gasteiger partial charge in [-0.05, 0) is 6.07 Å². The molecule has 18 heavy (non-hydrogen) atoms. The van der Waals surface area contributed by atoms with Crippen LogP contribution in [0.15, 0.2) is 36.7 Å². The van der Waals surface area contributed by atoms with Gasteiger partial charge in [0.05, 0.1) is 11.7 Å². The SMILES string of the molecule is CN(C)/C=C/C(=O)c1ccc2cnn(SF)c2c1. The smallest absolute Gasteiger partial charge is 0.188 e. The second-order valence-corrected chi connectivity index (χ2v) is 4.49. The molecule has 0 aliphatic heterocycles. The zero-order chi connectivity index (χ0) is 13.1. The summed E-state index contributed by atoms with van der Waals surface area (Å²) in [5, 5.41) is 4.65. The van der Waals surface area contributed by atoms with Crippen LogP contribution in [0.2, 0.25) is 0 Å². The summed E-state index contributed by atoms with van der Waals surface area (Å²) in [6.07, 6.45) is 4.71. The van der Waals surface area contributed by atoms with Crippen LogP contribution >= 0.6 is 12.3 Å². The van der Waals surface area contributed by atoms with Gasteiger partial charge in [-0.25, -0.2) is 0 Å². The van der Waals surface area contributed by atoms with Gasteiger partial charge in [-0.3, -0.25) is 4.79 Å². The molecule has 0 amide bonds. The second kappa shape index (κ2) is 5.22. The third kappa shape index (κ3) is 2.53. The first kappa shape index (κ1) is 12.6. The van der Waals surface area contributed by atoms with E-state index >= 15 is 0 Å². The summed E-state index contributed by atoms with van der Waals surface area (Å²) in [6, 6.07) is 5.10. The van der Waals surface area contributed by atoms with Crippen LogP contribution in [0.3, 0.4) is 0 Å².